The predicted octanol–water partition coefficient (Wildman–Crippen LogP) is 4.07. The Balaban J connectivity index is 1.66. The van der Waals surface area contributed by atoms with Gasteiger partial charge in [-0.1, -0.05) is 25.1 Å². The van der Waals surface area contributed by atoms with E-state index in [1.165, 1.54) is 5.56 Å². The van der Waals surface area contributed by atoms with E-state index in [0.717, 1.165) is 28.6 Å². The van der Waals surface area contributed by atoms with Crippen LogP contribution in [-0.4, -0.2) is 30.5 Å². The maximum Gasteiger partial charge on any atom is 0.191 e. The molecule has 1 heterocycles. The third-order valence-corrected chi connectivity index (χ3v) is 4.42. The topological polar surface area (TPSA) is 70.7 Å². The maximum absolute atomic E-state index is 5.29. The number of ether oxygens (including phenoxy) is 2. The number of para-hydroxylation sites is 1. The first-order valence-corrected chi connectivity index (χ1v) is 8.98. The number of nitrogens with one attached hydrogen (secondary N) is 3. The minimum atomic E-state index is 0.382. The van der Waals surface area contributed by atoms with Crippen LogP contribution in [0.5, 0.6) is 11.5 Å². The molecule has 7 heteroatoms. The van der Waals surface area contributed by atoms with E-state index < -0.39 is 0 Å². The van der Waals surface area contributed by atoms with Gasteiger partial charge in [0.15, 0.2) is 16.6 Å². The maximum atomic E-state index is 5.29. The number of aromatic nitrogens is 1. The van der Waals surface area contributed by atoms with Crippen LogP contribution in [0.1, 0.15) is 18.1 Å². The average Bonchev–Trinajstić information content (AvgIpc) is 3.11. The van der Waals surface area contributed by atoms with E-state index in [2.05, 4.69) is 46.0 Å². The van der Waals surface area contributed by atoms with E-state index in [1.807, 2.05) is 24.4 Å². The first-order chi connectivity index (χ1) is 13.2. The van der Waals surface area contributed by atoms with E-state index in [4.69, 9.17) is 21.7 Å². The van der Waals surface area contributed by atoms with Gasteiger partial charge in [-0.2, -0.15) is 5.10 Å². The summed E-state index contributed by atoms with van der Waals surface area (Å²) in [6, 6.07) is 11.7. The Labute approximate surface area is 163 Å². The minimum absolute atomic E-state index is 0.382. The van der Waals surface area contributed by atoms with Crippen LogP contribution in [0.4, 0.5) is 5.69 Å². The molecule has 0 amide bonds. The Bertz CT molecular complexity index is 981. The number of rotatable bonds is 6. The van der Waals surface area contributed by atoms with Crippen LogP contribution in [0.25, 0.3) is 10.9 Å². The molecule has 0 fully saturated rings. The highest BCUT2D eigenvalue weighted by atomic mass is 32.1. The van der Waals surface area contributed by atoms with Gasteiger partial charge >= 0.3 is 0 Å². The van der Waals surface area contributed by atoms with Gasteiger partial charge in [0, 0.05) is 34.4 Å². The summed E-state index contributed by atoms with van der Waals surface area (Å²) in [7, 11) is 3.19. The number of H-pyrrole nitrogens is 1. The summed E-state index contributed by atoms with van der Waals surface area (Å²) in [5.74, 6) is 1.28. The van der Waals surface area contributed by atoms with E-state index in [-0.39, 0.29) is 0 Å². The van der Waals surface area contributed by atoms with Gasteiger partial charge in [0.25, 0.3) is 0 Å². The Morgan fingerprint density at radius 1 is 1.19 bits per heavy atom. The Morgan fingerprint density at radius 2 is 2.00 bits per heavy atom. The lowest BCUT2D eigenvalue weighted by Crippen LogP contribution is -2.23. The molecule has 0 aliphatic carbocycles. The molecule has 1 aromatic heterocycles. The number of thiocarbonyl (C=S) groups is 1. The highest BCUT2D eigenvalue weighted by Gasteiger charge is 2.06. The number of aromatic amines is 1. The van der Waals surface area contributed by atoms with Gasteiger partial charge in [-0.05, 0) is 36.3 Å². The fourth-order valence-corrected chi connectivity index (χ4v) is 3.04. The van der Waals surface area contributed by atoms with Crippen LogP contribution in [0.2, 0.25) is 0 Å². The number of benzene rings is 2. The highest BCUT2D eigenvalue weighted by molar-refractivity contribution is 7.80. The molecule has 0 saturated carbocycles. The molecule has 140 valence electrons. The molecule has 3 aromatic rings. The molecule has 6 nitrogen and oxygen atoms in total. The van der Waals surface area contributed by atoms with Crippen molar-refractivity contribution in [2.75, 3.05) is 19.5 Å². The monoisotopic (exact) mass is 382 g/mol. The number of hydrogen-bond donors (Lipinski definition) is 3. The predicted molar refractivity (Wildman–Crippen MR) is 114 cm³/mol. The van der Waals surface area contributed by atoms with E-state index in [1.54, 1.807) is 20.4 Å². The molecule has 0 bridgehead atoms. The number of fused-ring (bicyclic) bond motifs is 1. The van der Waals surface area contributed by atoms with Gasteiger partial charge in [0.05, 0.1) is 20.4 Å². The van der Waals surface area contributed by atoms with E-state index in [0.29, 0.717) is 16.6 Å². The van der Waals surface area contributed by atoms with E-state index in [9.17, 15) is 0 Å². The van der Waals surface area contributed by atoms with Crippen molar-refractivity contribution >= 4 is 40.1 Å². The zero-order valence-corrected chi connectivity index (χ0v) is 16.3. The normalized spacial score (nSPS) is 10.9. The number of aryl methyl sites for hydroxylation is 1. The van der Waals surface area contributed by atoms with Crippen LogP contribution in [0, 0.1) is 0 Å². The van der Waals surface area contributed by atoms with Gasteiger partial charge < -0.3 is 19.8 Å². The summed E-state index contributed by atoms with van der Waals surface area (Å²) < 4.78 is 10.5. The third kappa shape index (κ3) is 4.20. The van der Waals surface area contributed by atoms with Crippen molar-refractivity contribution in [3.63, 3.8) is 0 Å². The van der Waals surface area contributed by atoms with Crippen LogP contribution >= 0.6 is 12.2 Å². The molecular weight excluding hydrogens is 360 g/mol. The Hall–Kier alpha value is -3.06. The zero-order valence-electron chi connectivity index (χ0n) is 15.5. The molecule has 0 radical (unpaired) electrons. The van der Waals surface area contributed by atoms with Crippen molar-refractivity contribution in [3.05, 3.63) is 53.7 Å². The van der Waals surface area contributed by atoms with Crippen LogP contribution < -0.4 is 20.2 Å². The lowest BCUT2D eigenvalue weighted by Gasteiger charge is -2.11. The first-order valence-electron chi connectivity index (χ1n) is 8.57. The number of methoxy groups -OCH3 is 2. The first kappa shape index (κ1) is 18.7. The summed E-state index contributed by atoms with van der Waals surface area (Å²) >= 11 is 5.29. The van der Waals surface area contributed by atoms with Crippen LogP contribution in [-0.2, 0) is 6.42 Å². The second-order valence-corrected chi connectivity index (χ2v) is 6.24. The molecule has 0 aliphatic rings. The number of nitrogens with zero attached hydrogens (tertiary/aromatic N) is 1. The molecular formula is C20H22N4O2S. The van der Waals surface area contributed by atoms with Gasteiger partial charge in [-0.3, -0.25) is 5.43 Å². The Kier molecular flexibility index (Phi) is 5.93. The summed E-state index contributed by atoms with van der Waals surface area (Å²) in [5.41, 5.74) is 7.04. The second kappa shape index (κ2) is 8.55. The lowest BCUT2D eigenvalue weighted by atomic mass is 10.1. The minimum Gasteiger partial charge on any atom is -0.493 e. The zero-order chi connectivity index (χ0) is 19.2. The van der Waals surface area contributed by atoms with Crippen molar-refractivity contribution in [2.24, 2.45) is 5.10 Å². The molecule has 0 unspecified atom stereocenters. The van der Waals surface area contributed by atoms with Crippen LogP contribution in [0.3, 0.4) is 0 Å². The summed E-state index contributed by atoms with van der Waals surface area (Å²) in [6.07, 6.45) is 4.67. The molecule has 3 rings (SSSR count). The largest absolute Gasteiger partial charge is 0.493 e. The smallest absolute Gasteiger partial charge is 0.191 e. The number of anilines is 1. The fraction of sp³-hybridized carbons (Fsp3) is 0.200. The van der Waals surface area contributed by atoms with Crippen molar-refractivity contribution in [1.82, 2.24) is 10.4 Å². The lowest BCUT2D eigenvalue weighted by molar-refractivity contribution is 0.355. The SMILES string of the molecule is CCc1cccc2c(C=NNC(=S)Nc3ccc(OC)c(OC)c3)c[nH]c12. The standard InChI is InChI=1S/C20H22N4O2S/c1-4-13-6-5-7-16-14(11-21-19(13)16)12-22-24-20(27)23-15-8-9-17(25-2)18(10-15)26-3/h5-12,21H,4H2,1-3H3,(H2,23,24,27). The summed E-state index contributed by atoms with van der Waals surface area (Å²) in [5, 5.41) is 8.82. The molecule has 2 aromatic carbocycles. The molecule has 0 atom stereocenters. The van der Waals surface area contributed by atoms with E-state index >= 15 is 0 Å². The van der Waals surface area contributed by atoms with Crippen LogP contribution in [0.15, 0.2) is 47.7 Å². The van der Waals surface area contributed by atoms with Gasteiger partial charge in [-0.15, -0.1) is 0 Å². The second-order valence-electron chi connectivity index (χ2n) is 5.83. The average molecular weight is 382 g/mol. The number of hydrazone groups is 1. The van der Waals surface area contributed by atoms with Gasteiger partial charge in [-0.25, -0.2) is 0 Å². The highest BCUT2D eigenvalue weighted by Crippen LogP contribution is 2.29. The van der Waals surface area contributed by atoms with Crippen molar-refractivity contribution in [2.45, 2.75) is 13.3 Å². The van der Waals surface area contributed by atoms with Gasteiger partial charge in [0.1, 0.15) is 0 Å². The van der Waals surface area contributed by atoms with Gasteiger partial charge in [0.2, 0.25) is 0 Å². The third-order valence-electron chi connectivity index (χ3n) is 4.23. The Morgan fingerprint density at radius 3 is 2.74 bits per heavy atom. The fourth-order valence-electron chi connectivity index (χ4n) is 2.87. The molecule has 0 saturated heterocycles. The number of hydrogen-bond acceptors (Lipinski definition) is 4. The molecule has 0 aliphatic heterocycles. The summed E-state index contributed by atoms with van der Waals surface area (Å²) in [4.78, 5) is 3.32. The molecule has 3 N–H and O–H groups in total. The molecule has 0 spiro atoms. The van der Waals surface area contributed by atoms with Crippen molar-refractivity contribution in [1.29, 1.82) is 0 Å². The summed E-state index contributed by atoms with van der Waals surface area (Å²) in [6.45, 7) is 2.14. The quantitative estimate of drug-likeness (QED) is 0.341. The molecule has 27 heavy (non-hydrogen) atoms. The van der Waals surface area contributed by atoms with Crippen molar-refractivity contribution in [3.8, 4) is 11.5 Å². The van der Waals surface area contributed by atoms with Crippen molar-refractivity contribution < 1.29 is 9.47 Å².